The number of pyridine rings is 2. The van der Waals surface area contributed by atoms with Crippen LogP contribution in [0.4, 0.5) is 0 Å². The lowest BCUT2D eigenvalue weighted by Gasteiger charge is -2.26. The van der Waals surface area contributed by atoms with Crippen LogP contribution in [-0.2, 0) is 67.5 Å². The summed E-state index contributed by atoms with van der Waals surface area (Å²) in [5, 5.41) is 24.8. The van der Waals surface area contributed by atoms with E-state index in [-0.39, 0.29) is 117 Å². The van der Waals surface area contributed by atoms with E-state index in [2.05, 4.69) is 49.2 Å². The normalized spacial score (nSPS) is 18.1. The number of unbranched alkanes of at least 4 members (excludes halogenated alkanes) is 1. The Kier molecular flexibility index (Phi) is 17.7. The van der Waals surface area contributed by atoms with Gasteiger partial charge in [0.15, 0.2) is 17.6 Å². The van der Waals surface area contributed by atoms with E-state index in [9.17, 15) is 48.3 Å². The van der Waals surface area contributed by atoms with Gasteiger partial charge in [0.2, 0.25) is 48.1 Å². The van der Waals surface area contributed by atoms with Gasteiger partial charge in [-0.3, -0.25) is 43.3 Å². The lowest BCUT2D eigenvalue weighted by molar-refractivity contribution is -0.157. The summed E-state index contributed by atoms with van der Waals surface area (Å²) in [7, 11) is 0. The Balaban J connectivity index is 0.898. The summed E-state index contributed by atoms with van der Waals surface area (Å²) in [4.78, 5) is 123. The monoisotopic (exact) mass is 1130 g/mol. The number of ether oxygens (including phenoxy) is 4. The first-order valence-electron chi connectivity index (χ1n) is 24.4. The molecule has 0 spiro atoms. The number of rotatable bonds is 24. The summed E-state index contributed by atoms with van der Waals surface area (Å²) in [6.45, 7) is 7.13. The summed E-state index contributed by atoms with van der Waals surface area (Å²) in [5.74, 6) is -3.98. The highest BCUT2D eigenvalue weighted by Crippen LogP contribution is 2.42. The van der Waals surface area contributed by atoms with Crippen LogP contribution in [0, 0.1) is 11.8 Å². The van der Waals surface area contributed by atoms with Crippen LogP contribution in [0.25, 0.3) is 22.3 Å². The van der Waals surface area contributed by atoms with Gasteiger partial charge in [-0.05, 0) is 62.8 Å². The highest BCUT2D eigenvalue weighted by molar-refractivity contribution is 14.1. The van der Waals surface area contributed by atoms with Crippen molar-refractivity contribution < 1.29 is 62.4 Å². The first kappa shape index (κ1) is 54.5. The molecule has 73 heavy (non-hydrogen) atoms. The van der Waals surface area contributed by atoms with Crippen molar-refractivity contribution in [1.82, 2.24) is 41.0 Å². The third-order valence-electron chi connectivity index (χ3n) is 13.6. The number of halogens is 1. The van der Waals surface area contributed by atoms with Gasteiger partial charge in [-0.15, -0.1) is 0 Å². The van der Waals surface area contributed by atoms with Crippen molar-refractivity contribution in [1.29, 1.82) is 0 Å². The van der Waals surface area contributed by atoms with E-state index in [1.165, 1.54) is 4.57 Å². The largest absolute Gasteiger partial charge is 0.458 e. The van der Waals surface area contributed by atoms with E-state index in [0.29, 0.717) is 64.3 Å². The number of alkyl halides is 1. The Hall–Kier alpha value is -6.25. The number of aromatic nitrogens is 2. The molecular formula is C49H62IN9O14. The fourth-order valence-corrected chi connectivity index (χ4v) is 9.60. The summed E-state index contributed by atoms with van der Waals surface area (Å²) in [6, 6.07) is 2.87. The predicted molar refractivity (Wildman–Crippen MR) is 268 cm³/mol. The fraction of sp³-hybridized carbons (Fsp3) is 0.551. The molecule has 1 saturated heterocycles. The van der Waals surface area contributed by atoms with Crippen molar-refractivity contribution in [3.63, 3.8) is 0 Å². The number of amides is 7. The SMILES string of the molecule is CCC(C)(I)C1CC(=O)N(CCC(=O)NCCOCCC(=O)N[C@H](C(=O)N[C@@H](CCCCN)C(=O)NCC(=O)NCc2c3c(nc4cc5c(cc24)OCO5)-c2cc4c(c(=O)n2C3)COC(=O)[C@H]4O)C(C)C)C1=O. The molecule has 7 rings (SSSR count). The predicted octanol–water partition coefficient (Wildman–Crippen LogP) is 0.623. The average Bonchev–Trinajstić information content (AvgIpc) is 4.06. The number of nitrogens with one attached hydrogen (secondary N) is 5. The van der Waals surface area contributed by atoms with Crippen LogP contribution in [0.3, 0.4) is 0 Å². The first-order valence-corrected chi connectivity index (χ1v) is 25.5. The molecule has 1 fully saturated rings. The molecule has 4 aliphatic rings. The van der Waals surface area contributed by atoms with E-state index in [1.807, 2.05) is 13.8 Å². The van der Waals surface area contributed by atoms with Gasteiger partial charge in [0.1, 0.15) is 18.7 Å². The fourth-order valence-electron chi connectivity index (χ4n) is 9.11. The van der Waals surface area contributed by atoms with Crippen molar-refractivity contribution >= 4 is 80.8 Å². The van der Waals surface area contributed by atoms with Crippen LogP contribution in [0.1, 0.15) is 101 Å². The van der Waals surface area contributed by atoms with E-state index in [1.54, 1.807) is 32.0 Å². The third-order valence-corrected chi connectivity index (χ3v) is 15.1. The number of imide groups is 1. The molecule has 7 amide bonds. The molecule has 6 heterocycles. The van der Waals surface area contributed by atoms with Gasteiger partial charge in [0.05, 0.1) is 54.7 Å². The zero-order valence-electron chi connectivity index (χ0n) is 41.2. The summed E-state index contributed by atoms with van der Waals surface area (Å²) < 4.78 is 22.9. The second kappa shape index (κ2) is 23.7. The molecule has 0 aliphatic carbocycles. The number of cyclic esters (lactones) is 1. The van der Waals surface area contributed by atoms with Crippen LogP contribution >= 0.6 is 22.6 Å². The molecule has 24 heteroatoms. The molecule has 4 aliphatic heterocycles. The van der Waals surface area contributed by atoms with Gasteiger partial charge in [-0.2, -0.15) is 0 Å². The van der Waals surface area contributed by atoms with Crippen LogP contribution < -0.4 is 47.4 Å². The van der Waals surface area contributed by atoms with Crippen molar-refractivity contribution in [3.05, 3.63) is 50.8 Å². The van der Waals surface area contributed by atoms with Crippen molar-refractivity contribution in [2.75, 3.05) is 46.2 Å². The zero-order chi connectivity index (χ0) is 52.7. The maximum absolute atomic E-state index is 13.7. The highest BCUT2D eigenvalue weighted by atomic mass is 127. The quantitative estimate of drug-likeness (QED) is 0.0166. The number of aliphatic hydroxyl groups excluding tert-OH is 1. The number of aliphatic hydroxyl groups is 1. The summed E-state index contributed by atoms with van der Waals surface area (Å²) >= 11 is 2.21. The number of hydrogen-bond donors (Lipinski definition) is 7. The molecule has 1 aromatic carbocycles. The lowest BCUT2D eigenvalue weighted by atomic mass is 9.90. The maximum atomic E-state index is 13.7. The minimum atomic E-state index is -1.64. The van der Waals surface area contributed by atoms with E-state index in [0.717, 1.165) is 11.3 Å². The number of nitrogens with two attached hydrogens (primary N) is 1. The van der Waals surface area contributed by atoms with E-state index >= 15 is 0 Å². The van der Waals surface area contributed by atoms with Crippen molar-refractivity contribution in [2.45, 2.75) is 114 Å². The Bertz CT molecular complexity index is 2750. The Morgan fingerprint density at radius 3 is 2.41 bits per heavy atom. The Morgan fingerprint density at radius 1 is 0.932 bits per heavy atom. The van der Waals surface area contributed by atoms with Crippen LogP contribution in [0.2, 0.25) is 0 Å². The zero-order valence-corrected chi connectivity index (χ0v) is 43.3. The highest BCUT2D eigenvalue weighted by Gasteiger charge is 2.47. The molecule has 2 unspecified atom stereocenters. The average molecular weight is 1130 g/mol. The van der Waals surface area contributed by atoms with Gasteiger partial charge in [-0.25, -0.2) is 9.78 Å². The molecule has 0 radical (unpaired) electrons. The van der Waals surface area contributed by atoms with Gasteiger partial charge >= 0.3 is 5.97 Å². The second-order valence-corrected chi connectivity index (χ2v) is 21.3. The maximum Gasteiger partial charge on any atom is 0.340 e. The topological polar surface area (TPSA) is 318 Å². The van der Waals surface area contributed by atoms with Gasteiger partial charge in [0, 0.05) is 64.9 Å². The molecule has 2 aromatic heterocycles. The number of carbonyl (C=O) groups is 8. The smallest absolute Gasteiger partial charge is 0.340 e. The van der Waals surface area contributed by atoms with Crippen molar-refractivity contribution in [3.8, 4) is 22.9 Å². The summed E-state index contributed by atoms with van der Waals surface area (Å²) in [6.07, 6.45) is 0.277. The number of hydrogen-bond acceptors (Lipinski definition) is 16. The number of likely N-dealkylation sites (tertiary alicyclic amines) is 1. The minimum Gasteiger partial charge on any atom is -0.458 e. The third kappa shape index (κ3) is 12.4. The number of nitrogens with zero attached hydrogens (tertiary/aromatic N) is 3. The van der Waals surface area contributed by atoms with Crippen molar-refractivity contribution in [2.24, 2.45) is 17.6 Å². The standard InChI is InChI=1S/C49H62IN9O14/c1-5-49(4,50)31-18-40(63)58(47(31)68)13-9-37(60)52-12-15-70-14-10-38(61)57-41(25(2)3)45(66)56-32(8-6-7-11-51)44(65)54-21-39(62)53-20-28-26-17-35-36(73-24-72-35)19-33(26)55-42-29(28)22-59-34(42)16-27-30(46(59)67)23-71-48(69)43(27)64/h16-17,19,25,31-32,41,43,64H,5-15,18,20-24,51H2,1-4H3,(H,52,60)(H,53,62)(H,54,65)(H,56,66)(H,57,61)/t31?,32-,41-,43-,49?/m0/s1. The molecule has 3 aromatic rings. The van der Waals surface area contributed by atoms with E-state index in [4.69, 9.17) is 29.7 Å². The number of esters is 1. The van der Waals surface area contributed by atoms with Crippen LogP contribution in [0.5, 0.6) is 11.5 Å². The van der Waals surface area contributed by atoms with Gasteiger partial charge < -0.3 is 60.9 Å². The molecule has 394 valence electrons. The second-order valence-electron chi connectivity index (χ2n) is 18.9. The number of benzene rings is 1. The lowest BCUT2D eigenvalue weighted by Crippen LogP contribution is -2.56. The van der Waals surface area contributed by atoms with Gasteiger partial charge in [0.25, 0.3) is 5.56 Å². The molecule has 8 N–H and O–H groups in total. The molecule has 5 atom stereocenters. The Labute approximate surface area is 433 Å². The molecular weight excluding hydrogens is 1070 g/mol. The van der Waals surface area contributed by atoms with Crippen LogP contribution in [-0.4, -0.2) is 129 Å². The molecule has 0 bridgehead atoms. The number of fused-ring (bicyclic) bond motifs is 6. The Morgan fingerprint density at radius 2 is 1.68 bits per heavy atom. The van der Waals surface area contributed by atoms with Crippen LogP contribution in [0.15, 0.2) is 23.0 Å². The summed E-state index contributed by atoms with van der Waals surface area (Å²) in [5.41, 5.74) is 8.00. The first-order chi connectivity index (χ1) is 34.8. The van der Waals surface area contributed by atoms with E-state index < -0.39 is 65.8 Å². The number of carbonyl (C=O) groups excluding carboxylic acids is 8. The molecule has 23 nitrogen and oxygen atoms in total. The van der Waals surface area contributed by atoms with Gasteiger partial charge in [-0.1, -0.05) is 43.4 Å². The molecule has 0 saturated carbocycles. The minimum absolute atomic E-state index is 0.00531.